The normalized spacial score (nSPS) is 30.3. The van der Waals surface area contributed by atoms with Gasteiger partial charge in [-0.2, -0.15) is 0 Å². The van der Waals surface area contributed by atoms with Crippen LogP contribution < -0.4 is 15.8 Å². The zero-order valence-electron chi connectivity index (χ0n) is 13.4. The number of aromatic nitrogens is 4. The number of hydrogen-bond acceptors (Lipinski definition) is 9. The SMILES string of the molecule is O=c1[nH]cnc2c1nc(N1CCNCC1)n2[C@H]1O[C@@H](CO)[C@@H](O)[C@H]1O. The summed E-state index contributed by atoms with van der Waals surface area (Å²) in [5.41, 5.74) is -0.00669. The van der Waals surface area contributed by atoms with Crippen molar-refractivity contribution in [2.45, 2.75) is 24.5 Å². The van der Waals surface area contributed by atoms with E-state index >= 15 is 0 Å². The molecule has 4 atom stereocenters. The van der Waals surface area contributed by atoms with Crippen molar-refractivity contribution in [1.29, 1.82) is 0 Å². The van der Waals surface area contributed by atoms with Gasteiger partial charge in [0, 0.05) is 26.2 Å². The van der Waals surface area contributed by atoms with Crippen molar-refractivity contribution in [2.75, 3.05) is 37.7 Å². The first kappa shape index (κ1) is 16.4. The molecule has 2 aromatic heterocycles. The maximum absolute atomic E-state index is 12.1. The number of anilines is 1. The van der Waals surface area contributed by atoms with Crippen molar-refractivity contribution in [3.8, 4) is 0 Å². The van der Waals surface area contributed by atoms with Gasteiger partial charge in [-0.3, -0.25) is 9.36 Å². The number of rotatable bonds is 3. The molecular formula is C14H20N6O5. The fourth-order valence-corrected chi connectivity index (χ4v) is 3.32. The lowest BCUT2D eigenvalue weighted by atomic mass is 10.1. The molecule has 0 radical (unpaired) electrons. The number of imidazole rings is 1. The smallest absolute Gasteiger partial charge is 0.278 e. The molecule has 0 spiro atoms. The first-order valence-corrected chi connectivity index (χ1v) is 8.15. The second-order valence-electron chi connectivity index (χ2n) is 6.15. The van der Waals surface area contributed by atoms with Crippen LogP contribution in [-0.2, 0) is 4.74 Å². The number of H-pyrrole nitrogens is 1. The van der Waals surface area contributed by atoms with Crippen molar-refractivity contribution in [2.24, 2.45) is 0 Å². The molecule has 0 aliphatic carbocycles. The van der Waals surface area contributed by atoms with Gasteiger partial charge in [-0.25, -0.2) is 9.97 Å². The van der Waals surface area contributed by atoms with Gasteiger partial charge < -0.3 is 35.3 Å². The monoisotopic (exact) mass is 352 g/mol. The Morgan fingerprint density at radius 2 is 2.04 bits per heavy atom. The highest BCUT2D eigenvalue weighted by atomic mass is 16.6. The Morgan fingerprint density at radius 1 is 1.28 bits per heavy atom. The lowest BCUT2D eigenvalue weighted by molar-refractivity contribution is -0.0504. The molecular weight excluding hydrogens is 332 g/mol. The second-order valence-corrected chi connectivity index (χ2v) is 6.15. The molecule has 2 fully saturated rings. The minimum absolute atomic E-state index is 0.133. The molecule has 4 rings (SSSR count). The third kappa shape index (κ3) is 2.60. The van der Waals surface area contributed by atoms with Crippen molar-refractivity contribution in [3.63, 3.8) is 0 Å². The average Bonchev–Trinajstić information content (AvgIpc) is 3.15. The summed E-state index contributed by atoms with van der Waals surface area (Å²) in [6.45, 7) is 2.40. The molecule has 2 aliphatic rings. The van der Waals surface area contributed by atoms with Gasteiger partial charge in [0.1, 0.15) is 18.3 Å². The topological polar surface area (TPSA) is 149 Å². The van der Waals surface area contributed by atoms with E-state index in [0.29, 0.717) is 19.0 Å². The zero-order valence-corrected chi connectivity index (χ0v) is 13.4. The molecule has 136 valence electrons. The molecule has 5 N–H and O–H groups in total. The first-order chi connectivity index (χ1) is 12.1. The number of ether oxygens (including phenoxy) is 1. The minimum atomic E-state index is -1.28. The van der Waals surface area contributed by atoms with E-state index < -0.39 is 36.7 Å². The number of piperazine rings is 1. The predicted molar refractivity (Wildman–Crippen MR) is 86.2 cm³/mol. The standard InChI is InChI=1S/C14H20N6O5/c21-5-7-9(22)10(23)13(25-7)20-11-8(12(24)17-6-16-11)18-14(20)19-3-1-15-2-4-19/h6-7,9-10,13,15,21-23H,1-5H2,(H,16,17,24)/t7-,9+,10+,13-/m0/s1. The van der Waals surface area contributed by atoms with Crippen LogP contribution in [0.15, 0.2) is 11.1 Å². The molecule has 11 nitrogen and oxygen atoms in total. The predicted octanol–water partition coefficient (Wildman–Crippen LogP) is -2.86. The van der Waals surface area contributed by atoms with E-state index in [9.17, 15) is 20.1 Å². The molecule has 0 amide bonds. The van der Waals surface area contributed by atoms with Gasteiger partial charge in [0.25, 0.3) is 5.56 Å². The molecule has 0 aromatic carbocycles. The Labute approximate surface area is 141 Å². The highest BCUT2D eigenvalue weighted by molar-refractivity contribution is 5.74. The van der Waals surface area contributed by atoms with Gasteiger partial charge in [-0.15, -0.1) is 0 Å². The Bertz CT molecular complexity index is 816. The summed E-state index contributed by atoms with van der Waals surface area (Å²) in [5, 5.41) is 33.0. The molecule has 0 unspecified atom stereocenters. The quantitative estimate of drug-likeness (QED) is 0.393. The van der Waals surface area contributed by atoms with Crippen LogP contribution in [0, 0.1) is 0 Å². The Morgan fingerprint density at radius 3 is 2.72 bits per heavy atom. The van der Waals surface area contributed by atoms with Crippen LogP contribution in [0.1, 0.15) is 6.23 Å². The van der Waals surface area contributed by atoms with Gasteiger partial charge in [0.2, 0.25) is 5.95 Å². The summed E-state index contributed by atoms with van der Waals surface area (Å²) in [6.07, 6.45) is -3.19. The molecule has 11 heteroatoms. The summed E-state index contributed by atoms with van der Waals surface area (Å²) in [7, 11) is 0. The summed E-state index contributed by atoms with van der Waals surface area (Å²) >= 11 is 0. The van der Waals surface area contributed by atoms with Crippen LogP contribution in [0.25, 0.3) is 11.2 Å². The lowest BCUT2D eigenvalue weighted by Gasteiger charge is -2.30. The number of fused-ring (bicyclic) bond motifs is 1. The Balaban J connectivity index is 1.86. The first-order valence-electron chi connectivity index (χ1n) is 8.15. The molecule has 2 aromatic rings. The van der Waals surface area contributed by atoms with Gasteiger partial charge >= 0.3 is 0 Å². The third-order valence-electron chi connectivity index (χ3n) is 4.64. The molecule has 4 heterocycles. The Kier molecular flexibility index (Phi) is 4.17. The fourth-order valence-electron chi connectivity index (χ4n) is 3.32. The maximum atomic E-state index is 12.1. The number of aliphatic hydroxyl groups is 3. The van der Waals surface area contributed by atoms with E-state index in [-0.39, 0.29) is 11.2 Å². The summed E-state index contributed by atoms with van der Waals surface area (Å²) in [4.78, 5) is 25.2. The number of aromatic amines is 1. The minimum Gasteiger partial charge on any atom is -0.394 e. The van der Waals surface area contributed by atoms with Gasteiger partial charge in [-0.05, 0) is 0 Å². The molecule has 2 saturated heterocycles. The van der Waals surface area contributed by atoms with Crippen molar-refractivity contribution in [3.05, 3.63) is 16.7 Å². The molecule has 0 saturated carbocycles. The molecule has 25 heavy (non-hydrogen) atoms. The Hall–Kier alpha value is -2.05. The van der Waals surface area contributed by atoms with E-state index in [1.165, 1.54) is 10.9 Å². The fraction of sp³-hybridized carbons (Fsp3) is 0.643. The number of nitrogens with zero attached hydrogens (tertiary/aromatic N) is 4. The van der Waals surface area contributed by atoms with Gasteiger partial charge in [-0.1, -0.05) is 0 Å². The van der Waals surface area contributed by atoms with Crippen molar-refractivity contribution in [1.82, 2.24) is 24.8 Å². The second kappa shape index (κ2) is 6.35. The molecule has 0 bridgehead atoms. The van der Waals surface area contributed by atoms with Crippen LogP contribution in [0.4, 0.5) is 5.95 Å². The van der Waals surface area contributed by atoms with E-state index in [2.05, 4.69) is 20.3 Å². The van der Waals surface area contributed by atoms with Crippen LogP contribution in [0.2, 0.25) is 0 Å². The van der Waals surface area contributed by atoms with Crippen molar-refractivity contribution >= 4 is 17.1 Å². The largest absolute Gasteiger partial charge is 0.394 e. The van der Waals surface area contributed by atoms with E-state index in [0.717, 1.165) is 13.1 Å². The van der Waals surface area contributed by atoms with E-state index in [4.69, 9.17) is 4.74 Å². The van der Waals surface area contributed by atoms with E-state index in [1.807, 2.05) is 4.90 Å². The van der Waals surface area contributed by atoms with Crippen LogP contribution >= 0.6 is 0 Å². The highest BCUT2D eigenvalue weighted by Crippen LogP contribution is 2.34. The third-order valence-corrected chi connectivity index (χ3v) is 4.64. The average molecular weight is 352 g/mol. The van der Waals surface area contributed by atoms with Crippen LogP contribution in [-0.4, -0.2) is 85.9 Å². The van der Waals surface area contributed by atoms with Crippen LogP contribution in [0.5, 0.6) is 0 Å². The summed E-state index contributed by atoms with van der Waals surface area (Å²) in [5.74, 6) is 0.440. The summed E-state index contributed by atoms with van der Waals surface area (Å²) in [6, 6.07) is 0. The zero-order chi connectivity index (χ0) is 17.6. The highest BCUT2D eigenvalue weighted by Gasteiger charge is 2.45. The van der Waals surface area contributed by atoms with E-state index in [1.54, 1.807) is 0 Å². The van der Waals surface area contributed by atoms with Crippen molar-refractivity contribution < 1.29 is 20.1 Å². The summed E-state index contributed by atoms with van der Waals surface area (Å²) < 4.78 is 7.16. The van der Waals surface area contributed by atoms with Gasteiger partial charge in [0.05, 0.1) is 12.9 Å². The number of nitrogens with one attached hydrogen (secondary N) is 2. The number of hydrogen-bond donors (Lipinski definition) is 5. The van der Waals surface area contributed by atoms with Gasteiger partial charge in [0.15, 0.2) is 17.4 Å². The number of aliphatic hydroxyl groups excluding tert-OH is 3. The van der Waals surface area contributed by atoms with Crippen LogP contribution in [0.3, 0.4) is 0 Å². The molecule has 2 aliphatic heterocycles. The lowest BCUT2D eigenvalue weighted by Crippen LogP contribution is -2.45. The maximum Gasteiger partial charge on any atom is 0.278 e.